The maximum atomic E-state index is 13.8. The predicted molar refractivity (Wildman–Crippen MR) is 113 cm³/mol. The highest BCUT2D eigenvalue weighted by molar-refractivity contribution is 5.85. The van der Waals surface area contributed by atoms with E-state index in [0.717, 1.165) is 32.4 Å². The van der Waals surface area contributed by atoms with Crippen molar-refractivity contribution in [2.24, 2.45) is 11.8 Å². The molecule has 2 atom stereocenters. The van der Waals surface area contributed by atoms with Crippen LogP contribution in [0.3, 0.4) is 0 Å². The second-order valence-electron chi connectivity index (χ2n) is 8.31. The fourth-order valence-electron chi connectivity index (χ4n) is 4.54. The van der Waals surface area contributed by atoms with Crippen LogP contribution >= 0.6 is 12.4 Å². The molecule has 1 aliphatic heterocycles. The molecular weight excluding hydrogens is 414 g/mol. The SMILES string of the molecule is Cl.N=CN1CCC(CCCOC(=O)C(O)(c2ccccc2)C2CCC(F)(F)C2)CC1. The number of alkyl halides is 2. The zero-order valence-corrected chi connectivity index (χ0v) is 17.9. The smallest absolute Gasteiger partial charge is 0.343 e. The topological polar surface area (TPSA) is 73.6 Å². The fourth-order valence-corrected chi connectivity index (χ4v) is 4.54. The number of hydrogen-bond donors (Lipinski definition) is 2. The number of nitrogens with zero attached hydrogens (tertiary/aromatic N) is 1. The van der Waals surface area contributed by atoms with Crippen molar-refractivity contribution >= 4 is 24.7 Å². The molecule has 0 spiro atoms. The molecule has 1 aliphatic carbocycles. The number of carbonyl (C=O) groups is 1. The summed E-state index contributed by atoms with van der Waals surface area (Å²) in [7, 11) is 0. The van der Waals surface area contributed by atoms with Gasteiger partial charge in [-0.25, -0.2) is 13.6 Å². The third-order valence-corrected chi connectivity index (χ3v) is 6.34. The minimum Gasteiger partial charge on any atom is -0.463 e. The number of hydrogen-bond acceptors (Lipinski definition) is 4. The van der Waals surface area contributed by atoms with Crippen molar-refractivity contribution < 1.29 is 23.4 Å². The second-order valence-corrected chi connectivity index (χ2v) is 8.31. The van der Waals surface area contributed by atoms with E-state index in [9.17, 15) is 18.7 Å². The Bertz CT molecular complexity index is 699. The fraction of sp³-hybridized carbons (Fsp3) is 0.636. The molecule has 2 fully saturated rings. The van der Waals surface area contributed by atoms with Gasteiger partial charge < -0.3 is 14.7 Å². The predicted octanol–water partition coefficient (Wildman–Crippen LogP) is 4.37. The van der Waals surface area contributed by atoms with Crippen molar-refractivity contribution in [2.45, 2.75) is 56.5 Å². The minimum absolute atomic E-state index is 0. The summed E-state index contributed by atoms with van der Waals surface area (Å²) in [5.74, 6) is -4.02. The zero-order chi connectivity index (χ0) is 20.9. The van der Waals surface area contributed by atoms with Gasteiger partial charge in [-0.3, -0.25) is 5.41 Å². The number of rotatable bonds is 8. The van der Waals surface area contributed by atoms with Crippen molar-refractivity contribution in [3.8, 4) is 0 Å². The van der Waals surface area contributed by atoms with Gasteiger partial charge in [0, 0.05) is 31.8 Å². The maximum absolute atomic E-state index is 13.8. The van der Waals surface area contributed by atoms with Crippen LogP contribution in [0.2, 0.25) is 0 Å². The number of likely N-dealkylation sites (tertiary alicyclic amines) is 1. The monoisotopic (exact) mass is 444 g/mol. The van der Waals surface area contributed by atoms with Crippen LogP contribution in [0.4, 0.5) is 8.78 Å². The van der Waals surface area contributed by atoms with Gasteiger partial charge in [-0.1, -0.05) is 30.3 Å². The summed E-state index contributed by atoms with van der Waals surface area (Å²) in [6.07, 6.45) is 4.21. The van der Waals surface area contributed by atoms with Crippen molar-refractivity contribution in [1.29, 1.82) is 5.41 Å². The van der Waals surface area contributed by atoms with Crippen LogP contribution in [-0.4, -0.2) is 47.9 Å². The lowest BCUT2D eigenvalue weighted by Gasteiger charge is -2.32. The van der Waals surface area contributed by atoms with E-state index in [0.29, 0.717) is 17.9 Å². The molecule has 1 saturated heterocycles. The lowest BCUT2D eigenvalue weighted by molar-refractivity contribution is -0.175. The Labute approximate surface area is 182 Å². The molecule has 0 bridgehead atoms. The molecule has 1 aromatic carbocycles. The summed E-state index contributed by atoms with van der Waals surface area (Å²) in [4.78, 5) is 14.8. The van der Waals surface area contributed by atoms with Gasteiger partial charge in [0.2, 0.25) is 5.92 Å². The van der Waals surface area contributed by atoms with Crippen molar-refractivity contribution in [1.82, 2.24) is 4.90 Å². The largest absolute Gasteiger partial charge is 0.463 e. The molecule has 0 aromatic heterocycles. The van der Waals surface area contributed by atoms with Crippen LogP contribution in [0.1, 0.15) is 50.5 Å². The number of ether oxygens (including phenoxy) is 1. The first-order valence-electron chi connectivity index (χ1n) is 10.4. The molecule has 8 heteroatoms. The molecule has 0 radical (unpaired) electrons. The second kappa shape index (κ2) is 10.5. The molecule has 3 rings (SSSR count). The summed E-state index contributed by atoms with van der Waals surface area (Å²) >= 11 is 0. The zero-order valence-electron chi connectivity index (χ0n) is 17.1. The summed E-state index contributed by atoms with van der Waals surface area (Å²) in [6, 6.07) is 8.30. The van der Waals surface area contributed by atoms with Crippen LogP contribution in [0.25, 0.3) is 0 Å². The molecule has 1 heterocycles. The Hall–Kier alpha value is -1.73. The van der Waals surface area contributed by atoms with Gasteiger partial charge in [0.15, 0.2) is 5.60 Å². The molecule has 30 heavy (non-hydrogen) atoms. The number of esters is 1. The van der Waals surface area contributed by atoms with Crippen molar-refractivity contribution in [2.75, 3.05) is 19.7 Å². The number of halogens is 3. The van der Waals surface area contributed by atoms with Gasteiger partial charge in [-0.2, -0.15) is 0 Å². The first-order valence-corrected chi connectivity index (χ1v) is 10.4. The van der Waals surface area contributed by atoms with Gasteiger partial charge in [0.25, 0.3) is 0 Å². The Morgan fingerprint density at radius 3 is 2.50 bits per heavy atom. The van der Waals surface area contributed by atoms with E-state index >= 15 is 0 Å². The lowest BCUT2D eigenvalue weighted by Crippen LogP contribution is -2.44. The maximum Gasteiger partial charge on any atom is 0.343 e. The molecule has 1 aromatic rings. The number of piperidine rings is 1. The number of carbonyl (C=O) groups excluding carboxylic acids is 1. The number of nitrogens with one attached hydrogen (secondary N) is 1. The standard InChI is InChI=1S/C22H30F2N2O3.ClH/c23-21(24)11-8-19(15-21)22(28,18-6-2-1-3-7-18)20(27)29-14-4-5-17-9-12-26(16-25)13-10-17;/h1-3,6-7,16-17,19,25,28H,4-5,8-15H2;1H. The average Bonchev–Trinajstić information content (AvgIpc) is 3.11. The third-order valence-electron chi connectivity index (χ3n) is 6.34. The summed E-state index contributed by atoms with van der Waals surface area (Å²) < 4.78 is 33.0. The Balaban J connectivity index is 0.00000320. The van der Waals surface area contributed by atoms with Crippen LogP contribution in [-0.2, 0) is 15.1 Å². The van der Waals surface area contributed by atoms with Crippen LogP contribution < -0.4 is 0 Å². The highest BCUT2D eigenvalue weighted by atomic mass is 35.5. The van der Waals surface area contributed by atoms with Crippen LogP contribution in [0.15, 0.2) is 30.3 Å². The van der Waals surface area contributed by atoms with Crippen LogP contribution in [0, 0.1) is 17.2 Å². The van der Waals surface area contributed by atoms with Gasteiger partial charge in [0.1, 0.15) is 0 Å². The summed E-state index contributed by atoms with van der Waals surface area (Å²) in [5, 5.41) is 18.5. The van der Waals surface area contributed by atoms with Crippen LogP contribution in [0.5, 0.6) is 0 Å². The van der Waals surface area contributed by atoms with Gasteiger partial charge in [-0.05, 0) is 43.6 Å². The Morgan fingerprint density at radius 1 is 1.27 bits per heavy atom. The number of benzene rings is 1. The third kappa shape index (κ3) is 5.70. The highest BCUT2D eigenvalue weighted by Gasteiger charge is 2.54. The summed E-state index contributed by atoms with van der Waals surface area (Å²) in [6.45, 7) is 1.91. The Morgan fingerprint density at radius 2 is 1.93 bits per heavy atom. The Kier molecular flexibility index (Phi) is 8.62. The molecule has 2 aliphatic rings. The lowest BCUT2D eigenvalue weighted by atomic mass is 9.80. The molecular formula is C22H31ClF2N2O3. The van der Waals surface area contributed by atoms with E-state index in [4.69, 9.17) is 10.1 Å². The van der Waals surface area contributed by atoms with E-state index in [1.54, 1.807) is 30.3 Å². The van der Waals surface area contributed by atoms with Gasteiger partial charge in [-0.15, -0.1) is 12.4 Å². The van der Waals surface area contributed by atoms with Gasteiger partial charge in [0.05, 0.1) is 12.9 Å². The van der Waals surface area contributed by atoms with Crippen molar-refractivity contribution in [3.63, 3.8) is 0 Å². The minimum atomic E-state index is -2.86. The molecule has 2 unspecified atom stereocenters. The molecule has 1 saturated carbocycles. The van der Waals surface area contributed by atoms with Gasteiger partial charge >= 0.3 is 5.97 Å². The summed E-state index contributed by atoms with van der Waals surface area (Å²) in [5.41, 5.74) is -1.73. The van der Waals surface area contributed by atoms with E-state index < -0.39 is 29.8 Å². The first kappa shape index (κ1) is 24.5. The van der Waals surface area contributed by atoms with E-state index in [1.807, 2.05) is 4.90 Å². The quantitative estimate of drug-likeness (QED) is 0.270. The molecule has 168 valence electrons. The first-order chi connectivity index (χ1) is 13.8. The van der Waals surface area contributed by atoms with Crippen molar-refractivity contribution in [3.05, 3.63) is 35.9 Å². The van der Waals surface area contributed by atoms with E-state index in [-0.39, 0.29) is 31.9 Å². The average molecular weight is 445 g/mol. The van der Waals surface area contributed by atoms with E-state index in [2.05, 4.69) is 0 Å². The number of aliphatic hydroxyl groups is 1. The highest BCUT2D eigenvalue weighted by Crippen LogP contribution is 2.47. The molecule has 2 N–H and O–H groups in total. The normalized spacial score (nSPS) is 23.3. The molecule has 0 amide bonds. The van der Waals surface area contributed by atoms with E-state index in [1.165, 1.54) is 6.34 Å². The molecule has 5 nitrogen and oxygen atoms in total.